The van der Waals surface area contributed by atoms with Gasteiger partial charge in [0.2, 0.25) is 0 Å². The van der Waals surface area contributed by atoms with E-state index in [9.17, 15) is 23.2 Å². The van der Waals surface area contributed by atoms with Crippen molar-refractivity contribution in [2.24, 2.45) is 0 Å². The third kappa shape index (κ3) is 3.41. The summed E-state index contributed by atoms with van der Waals surface area (Å²) >= 11 is 0. The SMILES string of the molecule is N#Cc1cccc(-c2cc3c(nc2N2CCc4ncc(C(F)(F)F)cc4C2)CNC3=O)n1. The highest BCUT2D eigenvalue weighted by Gasteiger charge is 2.33. The Hall–Kier alpha value is -4.00. The van der Waals surface area contributed by atoms with E-state index >= 15 is 0 Å². The van der Waals surface area contributed by atoms with Gasteiger partial charge in [0.15, 0.2) is 0 Å². The molecule has 1 N–H and O–H groups in total. The summed E-state index contributed by atoms with van der Waals surface area (Å²) < 4.78 is 39.5. The van der Waals surface area contributed by atoms with Crippen LogP contribution in [0.3, 0.4) is 0 Å². The standard InChI is InChI=1S/C22H15F3N6O/c23-22(24,25)13-6-12-11-31(5-4-17(12)27-9-13)20-15(18-3-1-2-14(8-26)29-18)7-16-19(30-20)10-28-21(16)32/h1-3,6-7,9H,4-5,10-11H2,(H,28,32). The predicted octanol–water partition coefficient (Wildman–Crippen LogP) is 3.24. The molecule has 3 aromatic heterocycles. The first-order valence-electron chi connectivity index (χ1n) is 9.83. The molecule has 0 unspecified atom stereocenters. The number of carbonyl (C=O) groups excluding carboxylic acids is 1. The third-order valence-corrected chi connectivity index (χ3v) is 5.55. The van der Waals surface area contributed by atoms with Crippen LogP contribution < -0.4 is 10.2 Å². The highest BCUT2D eigenvalue weighted by atomic mass is 19.4. The van der Waals surface area contributed by atoms with Crippen molar-refractivity contribution in [1.29, 1.82) is 5.26 Å². The van der Waals surface area contributed by atoms with Crippen LogP contribution in [0.15, 0.2) is 36.5 Å². The van der Waals surface area contributed by atoms with Crippen LogP contribution >= 0.6 is 0 Å². The lowest BCUT2D eigenvalue weighted by atomic mass is 10.0. The molecule has 0 fully saturated rings. The minimum absolute atomic E-state index is 0.185. The molecule has 1 amide bonds. The Morgan fingerprint density at radius 3 is 2.75 bits per heavy atom. The van der Waals surface area contributed by atoms with Gasteiger partial charge in [-0.15, -0.1) is 0 Å². The number of carbonyl (C=O) groups is 1. The van der Waals surface area contributed by atoms with Gasteiger partial charge >= 0.3 is 6.18 Å². The minimum Gasteiger partial charge on any atom is -0.351 e. The van der Waals surface area contributed by atoms with Crippen LogP contribution in [-0.4, -0.2) is 27.4 Å². The van der Waals surface area contributed by atoms with Crippen molar-refractivity contribution in [3.05, 3.63) is 70.3 Å². The van der Waals surface area contributed by atoms with Gasteiger partial charge in [0, 0.05) is 37.0 Å². The van der Waals surface area contributed by atoms with Crippen molar-refractivity contribution in [3.63, 3.8) is 0 Å². The van der Waals surface area contributed by atoms with Crippen molar-refractivity contribution in [2.75, 3.05) is 11.4 Å². The van der Waals surface area contributed by atoms with Crippen LogP contribution in [-0.2, 0) is 25.7 Å². The first kappa shape index (κ1) is 19.9. The second-order valence-corrected chi connectivity index (χ2v) is 7.56. The zero-order chi connectivity index (χ0) is 22.5. The molecule has 0 radical (unpaired) electrons. The molecule has 0 atom stereocenters. The Balaban J connectivity index is 1.61. The molecule has 5 rings (SSSR count). The summed E-state index contributed by atoms with van der Waals surface area (Å²) in [5, 5.41) is 12.0. The van der Waals surface area contributed by atoms with Gasteiger partial charge in [0.25, 0.3) is 5.91 Å². The zero-order valence-electron chi connectivity index (χ0n) is 16.6. The average Bonchev–Trinajstić information content (AvgIpc) is 3.16. The van der Waals surface area contributed by atoms with E-state index in [-0.39, 0.29) is 24.7 Å². The van der Waals surface area contributed by atoms with Gasteiger partial charge < -0.3 is 10.2 Å². The molecule has 0 spiro atoms. The number of anilines is 1. The number of nitriles is 1. The van der Waals surface area contributed by atoms with Crippen molar-refractivity contribution >= 4 is 11.7 Å². The number of nitrogens with one attached hydrogen (secondary N) is 1. The van der Waals surface area contributed by atoms with Gasteiger partial charge in [-0.05, 0) is 29.8 Å². The molecule has 5 heterocycles. The van der Waals surface area contributed by atoms with Gasteiger partial charge in [-0.3, -0.25) is 9.78 Å². The molecule has 2 aliphatic heterocycles. The van der Waals surface area contributed by atoms with Gasteiger partial charge in [-0.25, -0.2) is 9.97 Å². The Labute approximate surface area is 180 Å². The van der Waals surface area contributed by atoms with Crippen LogP contribution in [0.2, 0.25) is 0 Å². The number of aromatic nitrogens is 3. The highest BCUT2D eigenvalue weighted by Crippen LogP contribution is 2.36. The summed E-state index contributed by atoms with van der Waals surface area (Å²) in [6.07, 6.45) is -3.16. The molecule has 0 saturated carbocycles. The fraction of sp³-hybridized carbons (Fsp3) is 0.227. The fourth-order valence-electron chi connectivity index (χ4n) is 3.97. The van der Waals surface area contributed by atoms with Gasteiger partial charge in [0.1, 0.15) is 17.6 Å². The van der Waals surface area contributed by atoms with Crippen LogP contribution in [0.1, 0.15) is 38.6 Å². The second-order valence-electron chi connectivity index (χ2n) is 7.56. The summed E-state index contributed by atoms with van der Waals surface area (Å²) in [5.41, 5.74) is 2.51. The molecule has 10 heteroatoms. The Kier molecular flexibility index (Phi) is 4.55. The van der Waals surface area contributed by atoms with Crippen LogP contribution in [0, 0.1) is 11.3 Å². The summed E-state index contributed by atoms with van der Waals surface area (Å²) in [6, 6.07) is 9.76. The number of fused-ring (bicyclic) bond motifs is 2. The molecule has 3 aromatic rings. The van der Waals surface area contributed by atoms with Crippen LogP contribution in [0.25, 0.3) is 11.3 Å². The maximum atomic E-state index is 13.2. The van der Waals surface area contributed by atoms with E-state index in [1.807, 2.05) is 11.0 Å². The number of hydrogen-bond donors (Lipinski definition) is 1. The molecule has 160 valence electrons. The molecule has 2 aliphatic rings. The van der Waals surface area contributed by atoms with Crippen molar-refractivity contribution in [2.45, 2.75) is 25.7 Å². The Bertz CT molecular complexity index is 1300. The predicted molar refractivity (Wildman–Crippen MR) is 107 cm³/mol. The van der Waals surface area contributed by atoms with E-state index in [4.69, 9.17) is 0 Å². The van der Waals surface area contributed by atoms with E-state index in [0.29, 0.717) is 52.6 Å². The Morgan fingerprint density at radius 2 is 1.97 bits per heavy atom. The molecule has 0 bridgehead atoms. The number of halogens is 3. The van der Waals surface area contributed by atoms with E-state index in [1.54, 1.807) is 24.3 Å². The maximum absolute atomic E-state index is 13.2. The van der Waals surface area contributed by atoms with E-state index in [0.717, 1.165) is 12.3 Å². The number of hydrogen-bond acceptors (Lipinski definition) is 6. The lowest BCUT2D eigenvalue weighted by Crippen LogP contribution is -2.32. The quantitative estimate of drug-likeness (QED) is 0.663. The summed E-state index contributed by atoms with van der Waals surface area (Å²) in [4.78, 5) is 27.1. The van der Waals surface area contributed by atoms with Crippen LogP contribution in [0.5, 0.6) is 0 Å². The van der Waals surface area contributed by atoms with E-state index in [1.165, 1.54) is 0 Å². The summed E-state index contributed by atoms with van der Waals surface area (Å²) in [7, 11) is 0. The van der Waals surface area contributed by atoms with Crippen LogP contribution in [0.4, 0.5) is 19.0 Å². The van der Waals surface area contributed by atoms with Gasteiger partial charge in [-0.2, -0.15) is 18.4 Å². The minimum atomic E-state index is -4.48. The van der Waals surface area contributed by atoms with Crippen molar-refractivity contribution in [3.8, 4) is 17.3 Å². The summed E-state index contributed by atoms with van der Waals surface area (Å²) in [5.74, 6) is 0.255. The van der Waals surface area contributed by atoms with E-state index in [2.05, 4.69) is 20.3 Å². The normalized spacial score (nSPS) is 15.1. The topological polar surface area (TPSA) is 94.8 Å². The van der Waals surface area contributed by atoms with Crippen molar-refractivity contribution < 1.29 is 18.0 Å². The fourth-order valence-corrected chi connectivity index (χ4v) is 3.97. The van der Waals surface area contributed by atoms with Gasteiger partial charge in [-0.1, -0.05) is 6.07 Å². The molecule has 0 aromatic carbocycles. The molecule has 0 saturated heterocycles. The first-order valence-corrected chi connectivity index (χ1v) is 9.83. The van der Waals surface area contributed by atoms with E-state index < -0.39 is 11.7 Å². The second kappa shape index (κ2) is 7.30. The molecule has 0 aliphatic carbocycles. The molecule has 32 heavy (non-hydrogen) atoms. The lowest BCUT2D eigenvalue weighted by molar-refractivity contribution is -0.137. The monoisotopic (exact) mass is 436 g/mol. The third-order valence-electron chi connectivity index (χ3n) is 5.55. The summed E-state index contributed by atoms with van der Waals surface area (Å²) in [6.45, 7) is 0.950. The molecular formula is C22H15F3N6O. The molecule has 7 nitrogen and oxygen atoms in total. The Morgan fingerprint density at radius 1 is 1.12 bits per heavy atom. The molecular weight excluding hydrogens is 421 g/mol. The number of pyridine rings is 3. The lowest BCUT2D eigenvalue weighted by Gasteiger charge is -2.31. The number of nitrogens with zero attached hydrogens (tertiary/aromatic N) is 5. The number of amides is 1. The van der Waals surface area contributed by atoms with Gasteiger partial charge in [0.05, 0.1) is 29.1 Å². The van der Waals surface area contributed by atoms with Crippen molar-refractivity contribution in [1.82, 2.24) is 20.3 Å². The number of rotatable bonds is 2. The largest absolute Gasteiger partial charge is 0.417 e. The first-order chi connectivity index (χ1) is 15.3. The smallest absolute Gasteiger partial charge is 0.351 e. The maximum Gasteiger partial charge on any atom is 0.417 e. The average molecular weight is 436 g/mol. The highest BCUT2D eigenvalue weighted by molar-refractivity contribution is 5.99. The zero-order valence-corrected chi connectivity index (χ0v) is 16.6. The number of alkyl halides is 3.